The Morgan fingerprint density at radius 3 is 2.43 bits per heavy atom. The fourth-order valence-corrected chi connectivity index (χ4v) is 5.77. The minimum atomic E-state index is -0.0680. The molecule has 6 rings (SSSR count). The van der Waals surface area contributed by atoms with Gasteiger partial charge in [0.1, 0.15) is 5.69 Å². The Kier molecular flexibility index (Phi) is 6.37. The molecule has 0 spiro atoms. The van der Waals surface area contributed by atoms with Crippen molar-refractivity contribution in [2.24, 2.45) is 0 Å². The Morgan fingerprint density at radius 1 is 0.919 bits per heavy atom. The van der Waals surface area contributed by atoms with Gasteiger partial charge in [0, 0.05) is 48.8 Å². The number of urea groups is 1. The number of hydrogen-bond donors (Lipinski definition) is 1. The van der Waals surface area contributed by atoms with Crippen LogP contribution in [0.5, 0.6) is 0 Å². The molecule has 2 aromatic heterocycles. The lowest BCUT2D eigenvalue weighted by Crippen LogP contribution is -2.36. The maximum atomic E-state index is 13.3. The van der Waals surface area contributed by atoms with Gasteiger partial charge in [-0.05, 0) is 48.0 Å². The number of morpholine rings is 1. The Labute approximate surface area is 223 Å². The average Bonchev–Trinajstić information content (AvgIpc) is 3.54. The number of nitrogens with two attached hydrogens (primary N) is 1. The summed E-state index contributed by atoms with van der Waals surface area (Å²) >= 11 is 7.63. The predicted octanol–water partition coefficient (Wildman–Crippen LogP) is 4.79. The molecule has 2 aliphatic rings. The van der Waals surface area contributed by atoms with Crippen LogP contribution in [0.2, 0.25) is 5.02 Å². The van der Waals surface area contributed by atoms with Gasteiger partial charge in [-0.25, -0.2) is 19.7 Å². The van der Waals surface area contributed by atoms with Crippen molar-refractivity contribution in [3.63, 3.8) is 0 Å². The number of benzene rings is 2. The lowest BCUT2D eigenvalue weighted by Gasteiger charge is -2.26. The zero-order valence-corrected chi connectivity index (χ0v) is 21.5. The van der Waals surface area contributed by atoms with Gasteiger partial charge in [-0.15, -0.1) is 0 Å². The number of ether oxygens (including phenoxy) is 1. The van der Waals surface area contributed by atoms with Gasteiger partial charge in [-0.3, -0.25) is 9.80 Å². The fourth-order valence-electron chi connectivity index (χ4n) is 4.53. The molecular weight excluding hydrogens is 510 g/mol. The molecule has 2 fully saturated rings. The molecule has 4 heterocycles. The number of anilines is 4. The number of carbonyl (C=O) groups excluding carboxylic acids is 1. The van der Waals surface area contributed by atoms with Crippen LogP contribution in [0.4, 0.5) is 27.2 Å². The molecule has 0 radical (unpaired) electrons. The summed E-state index contributed by atoms with van der Waals surface area (Å²) in [5.74, 6) is 0.197. The number of hydrogen-bond acceptors (Lipinski definition) is 8. The SMILES string of the molecule is Nc1nccc(-c2nc(N3CCOCC3)sc2-c2cccc(N3CCN(c4ccc(Cl)cc4)C3=O)c2)n1. The molecule has 37 heavy (non-hydrogen) atoms. The molecule has 9 nitrogen and oxygen atoms in total. The summed E-state index contributed by atoms with van der Waals surface area (Å²) in [5.41, 5.74) is 9.91. The van der Waals surface area contributed by atoms with E-state index in [9.17, 15) is 4.79 Å². The number of carbonyl (C=O) groups is 1. The quantitative estimate of drug-likeness (QED) is 0.394. The van der Waals surface area contributed by atoms with E-state index in [4.69, 9.17) is 27.1 Å². The maximum Gasteiger partial charge on any atom is 0.329 e. The van der Waals surface area contributed by atoms with Crippen LogP contribution in [0.1, 0.15) is 0 Å². The summed E-state index contributed by atoms with van der Waals surface area (Å²) in [6.45, 7) is 4.07. The van der Waals surface area contributed by atoms with Crippen molar-refractivity contribution in [2.75, 3.05) is 59.8 Å². The van der Waals surface area contributed by atoms with Crippen LogP contribution in [0, 0.1) is 0 Å². The minimum absolute atomic E-state index is 0.0680. The van der Waals surface area contributed by atoms with Gasteiger partial charge in [0.2, 0.25) is 5.95 Å². The van der Waals surface area contributed by atoms with E-state index in [2.05, 4.69) is 14.9 Å². The van der Waals surface area contributed by atoms with E-state index in [-0.39, 0.29) is 12.0 Å². The second-order valence-corrected chi connectivity index (χ2v) is 10.1. The van der Waals surface area contributed by atoms with Gasteiger partial charge < -0.3 is 15.4 Å². The van der Waals surface area contributed by atoms with Crippen molar-refractivity contribution in [1.29, 1.82) is 0 Å². The van der Waals surface area contributed by atoms with E-state index in [1.54, 1.807) is 39.5 Å². The minimum Gasteiger partial charge on any atom is -0.378 e. The Bertz CT molecular complexity index is 1440. The zero-order valence-electron chi connectivity index (χ0n) is 19.9. The number of nitrogens with zero attached hydrogens (tertiary/aromatic N) is 6. The molecule has 2 aliphatic heterocycles. The second kappa shape index (κ2) is 9.97. The van der Waals surface area contributed by atoms with Gasteiger partial charge in [0.15, 0.2) is 5.13 Å². The number of halogens is 1. The maximum absolute atomic E-state index is 13.3. The highest BCUT2D eigenvalue weighted by Crippen LogP contribution is 2.41. The van der Waals surface area contributed by atoms with Crippen molar-refractivity contribution >= 4 is 51.4 Å². The fraction of sp³-hybridized carbons (Fsp3) is 0.231. The van der Waals surface area contributed by atoms with Gasteiger partial charge in [-0.2, -0.15) is 0 Å². The molecule has 188 valence electrons. The lowest BCUT2D eigenvalue weighted by atomic mass is 10.1. The third-order valence-corrected chi connectivity index (χ3v) is 7.80. The normalized spacial score (nSPS) is 16.0. The smallest absolute Gasteiger partial charge is 0.329 e. The molecule has 2 amide bonds. The predicted molar refractivity (Wildman–Crippen MR) is 148 cm³/mol. The van der Waals surface area contributed by atoms with Crippen LogP contribution < -0.4 is 20.4 Å². The summed E-state index contributed by atoms with van der Waals surface area (Å²) in [6, 6.07) is 17.1. The monoisotopic (exact) mass is 533 g/mol. The molecule has 2 aromatic carbocycles. The van der Waals surface area contributed by atoms with E-state index in [1.807, 2.05) is 42.5 Å². The largest absolute Gasteiger partial charge is 0.378 e. The first-order valence-corrected chi connectivity index (χ1v) is 13.1. The van der Waals surface area contributed by atoms with Crippen molar-refractivity contribution in [2.45, 2.75) is 0 Å². The summed E-state index contributed by atoms with van der Waals surface area (Å²) in [5, 5.41) is 1.55. The van der Waals surface area contributed by atoms with E-state index in [0.29, 0.717) is 37.0 Å². The highest BCUT2D eigenvalue weighted by atomic mass is 35.5. The third kappa shape index (κ3) is 4.71. The number of aromatic nitrogens is 3. The highest BCUT2D eigenvalue weighted by molar-refractivity contribution is 7.19. The summed E-state index contributed by atoms with van der Waals surface area (Å²) in [4.78, 5) is 33.5. The van der Waals surface area contributed by atoms with Crippen LogP contribution in [0.3, 0.4) is 0 Å². The highest BCUT2D eigenvalue weighted by Gasteiger charge is 2.31. The molecule has 0 bridgehead atoms. The number of amides is 2. The molecular formula is C26H24ClN7O2S. The first kappa shape index (κ1) is 23.7. The number of nitrogen functional groups attached to an aromatic ring is 1. The number of rotatable bonds is 5. The van der Waals surface area contributed by atoms with Crippen molar-refractivity contribution in [3.05, 3.63) is 65.8 Å². The van der Waals surface area contributed by atoms with Crippen molar-refractivity contribution in [1.82, 2.24) is 15.0 Å². The first-order chi connectivity index (χ1) is 18.1. The molecule has 2 saturated heterocycles. The zero-order chi connectivity index (χ0) is 25.4. The van der Waals surface area contributed by atoms with Crippen molar-refractivity contribution < 1.29 is 9.53 Å². The molecule has 4 aromatic rings. The third-order valence-electron chi connectivity index (χ3n) is 6.38. The summed E-state index contributed by atoms with van der Waals surface area (Å²) in [7, 11) is 0. The van der Waals surface area contributed by atoms with Gasteiger partial charge >= 0.3 is 6.03 Å². The Balaban J connectivity index is 1.35. The topological polar surface area (TPSA) is 101 Å². The standard InChI is InChI=1S/C26H24ClN7O2S/c27-18-4-6-19(7-5-18)33-10-11-34(26(33)35)20-3-1-2-17(16-20)23-22(21-8-9-29-24(28)30-21)31-25(37-23)32-12-14-36-15-13-32/h1-9,16H,10-15H2,(H2,28,29,30). The summed E-state index contributed by atoms with van der Waals surface area (Å²) < 4.78 is 5.52. The molecule has 0 unspecified atom stereocenters. The molecule has 11 heteroatoms. The van der Waals surface area contributed by atoms with Gasteiger partial charge in [0.05, 0.1) is 23.8 Å². The van der Waals surface area contributed by atoms with Crippen LogP contribution in [-0.4, -0.2) is 60.4 Å². The van der Waals surface area contributed by atoms with E-state index < -0.39 is 0 Å². The van der Waals surface area contributed by atoms with E-state index in [1.165, 1.54) is 0 Å². The Hall–Kier alpha value is -3.73. The van der Waals surface area contributed by atoms with Crippen LogP contribution in [0.25, 0.3) is 21.8 Å². The molecule has 0 atom stereocenters. The molecule has 2 N–H and O–H groups in total. The van der Waals surface area contributed by atoms with Gasteiger partial charge in [0.25, 0.3) is 0 Å². The van der Waals surface area contributed by atoms with Crippen LogP contribution >= 0.6 is 22.9 Å². The molecule has 0 aliphatic carbocycles. The molecule has 0 saturated carbocycles. The van der Waals surface area contributed by atoms with E-state index >= 15 is 0 Å². The summed E-state index contributed by atoms with van der Waals surface area (Å²) in [6.07, 6.45) is 1.64. The Morgan fingerprint density at radius 2 is 1.68 bits per heavy atom. The van der Waals surface area contributed by atoms with Gasteiger partial charge in [-0.1, -0.05) is 35.1 Å². The first-order valence-electron chi connectivity index (χ1n) is 11.9. The second-order valence-electron chi connectivity index (χ2n) is 8.69. The van der Waals surface area contributed by atoms with Crippen LogP contribution in [-0.2, 0) is 4.74 Å². The lowest BCUT2D eigenvalue weighted by molar-refractivity contribution is 0.122. The average molecular weight is 534 g/mol. The van der Waals surface area contributed by atoms with Crippen LogP contribution in [0.15, 0.2) is 60.8 Å². The number of thiazole rings is 1. The van der Waals surface area contributed by atoms with E-state index in [0.717, 1.165) is 45.7 Å². The van der Waals surface area contributed by atoms with Crippen molar-refractivity contribution in [3.8, 4) is 21.8 Å².